The zero-order valence-corrected chi connectivity index (χ0v) is 32.0. The standard InChI is InChI=1S/C53H43N5/c54-48-28-27-42(36-14-5-1-6-15-36)33-47(48)51(40-20-11-4-12-21-40)52(55)46-31-44(30-45(32-46)43-22-13-29-56-35-43)37-23-25-41(26-24-37)53-57-49(38-16-7-2-8-17-38)34-50(58-53)39-18-9-3-10-19-39/h1-35,51-53,57H,54-55H2/t51?,52-,53?/m0/s1. The Balaban J connectivity index is 1.11. The van der Waals surface area contributed by atoms with Crippen LogP contribution in [0, 0.1) is 0 Å². The van der Waals surface area contributed by atoms with Crippen LogP contribution in [0.15, 0.2) is 218 Å². The van der Waals surface area contributed by atoms with Crippen LogP contribution in [-0.2, 0) is 0 Å². The fourth-order valence-electron chi connectivity index (χ4n) is 7.90. The van der Waals surface area contributed by atoms with Gasteiger partial charge in [-0.2, -0.15) is 0 Å². The number of rotatable bonds is 10. The van der Waals surface area contributed by atoms with Crippen LogP contribution in [0.2, 0.25) is 0 Å². The molecule has 0 saturated heterocycles. The summed E-state index contributed by atoms with van der Waals surface area (Å²) in [6.07, 6.45) is 5.58. The van der Waals surface area contributed by atoms with Gasteiger partial charge >= 0.3 is 0 Å². The van der Waals surface area contributed by atoms with Crippen molar-refractivity contribution < 1.29 is 0 Å². The van der Waals surface area contributed by atoms with Gasteiger partial charge in [0.2, 0.25) is 0 Å². The highest BCUT2D eigenvalue weighted by Gasteiger charge is 2.27. The largest absolute Gasteiger partial charge is 0.398 e. The van der Waals surface area contributed by atoms with Crippen molar-refractivity contribution in [2.24, 2.45) is 10.7 Å². The highest BCUT2D eigenvalue weighted by molar-refractivity contribution is 6.13. The number of nitrogens with two attached hydrogens (primary N) is 2. The highest BCUT2D eigenvalue weighted by Crippen LogP contribution is 2.42. The average Bonchev–Trinajstić information content (AvgIpc) is 3.31. The fourth-order valence-corrected chi connectivity index (χ4v) is 7.90. The second-order valence-electron chi connectivity index (χ2n) is 14.7. The normalized spacial score (nSPS) is 14.7. The highest BCUT2D eigenvalue weighted by atomic mass is 15.1. The molecule has 280 valence electrons. The predicted molar refractivity (Wildman–Crippen MR) is 240 cm³/mol. The van der Waals surface area contributed by atoms with E-state index < -0.39 is 6.04 Å². The molecule has 0 aliphatic carbocycles. The van der Waals surface area contributed by atoms with Crippen molar-refractivity contribution in [1.29, 1.82) is 0 Å². The molecule has 5 heteroatoms. The van der Waals surface area contributed by atoms with Crippen molar-refractivity contribution in [3.63, 3.8) is 0 Å². The number of nitrogens with zero attached hydrogens (tertiary/aromatic N) is 2. The van der Waals surface area contributed by atoms with Crippen molar-refractivity contribution in [2.45, 2.75) is 18.1 Å². The molecule has 0 radical (unpaired) electrons. The number of aliphatic imine (C=N–C) groups is 1. The van der Waals surface area contributed by atoms with E-state index >= 15 is 0 Å². The average molecular weight is 750 g/mol. The molecule has 0 saturated carbocycles. The quantitative estimate of drug-likeness (QED) is 0.121. The van der Waals surface area contributed by atoms with Crippen LogP contribution in [0.3, 0.4) is 0 Å². The zero-order chi connectivity index (χ0) is 39.3. The lowest BCUT2D eigenvalue weighted by Crippen LogP contribution is -2.24. The van der Waals surface area contributed by atoms with Gasteiger partial charge in [-0.3, -0.25) is 9.98 Å². The fraction of sp³-hybridized carbons (Fsp3) is 0.0566. The van der Waals surface area contributed by atoms with Gasteiger partial charge in [-0.1, -0.05) is 158 Å². The number of allylic oxidation sites excluding steroid dienone is 1. The Morgan fingerprint density at radius 2 is 1.05 bits per heavy atom. The monoisotopic (exact) mass is 749 g/mol. The summed E-state index contributed by atoms with van der Waals surface area (Å²) in [5.41, 5.74) is 29.8. The van der Waals surface area contributed by atoms with Gasteiger partial charge in [-0.25, -0.2) is 0 Å². The van der Waals surface area contributed by atoms with Crippen LogP contribution < -0.4 is 16.8 Å². The molecule has 1 aliphatic rings. The van der Waals surface area contributed by atoms with Gasteiger partial charge in [0.05, 0.1) is 5.71 Å². The minimum Gasteiger partial charge on any atom is -0.398 e. The summed E-state index contributed by atoms with van der Waals surface area (Å²) >= 11 is 0. The predicted octanol–water partition coefficient (Wildman–Crippen LogP) is 11.6. The van der Waals surface area contributed by atoms with Gasteiger partial charge in [-0.05, 0) is 104 Å². The first-order chi connectivity index (χ1) is 28.6. The molecule has 0 bridgehead atoms. The van der Waals surface area contributed by atoms with Gasteiger partial charge in [0.1, 0.15) is 6.17 Å². The third-order valence-electron chi connectivity index (χ3n) is 10.9. The first-order valence-corrected chi connectivity index (χ1v) is 19.7. The van der Waals surface area contributed by atoms with Crippen molar-refractivity contribution in [2.75, 3.05) is 5.73 Å². The van der Waals surface area contributed by atoms with E-state index in [1.165, 1.54) is 0 Å². The lowest BCUT2D eigenvalue weighted by atomic mass is 9.79. The van der Waals surface area contributed by atoms with Crippen molar-refractivity contribution in [3.8, 4) is 33.4 Å². The second-order valence-corrected chi connectivity index (χ2v) is 14.7. The third kappa shape index (κ3) is 7.72. The molecule has 9 rings (SSSR count). The smallest absolute Gasteiger partial charge is 0.145 e. The molecule has 2 unspecified atom stereocenters. The number of anilines is 1. The first-order valence-electron chi connectivity index (χ1n) is 19.7. The van der Waals surface area contributed by atoms with Crippen molar-refractivity contribution in [3.05, 3.63) is 246 Å². The second kappa shape index (κ2) is 16.4. The van der Waals surface area contributed by atoms with E-state index in [1.807, 2.05) is 42.6 Å². The maximum Gasteiger partial charge on any atom is 0.145 e. The van der Waals surface area contributed by atoms with E-state index in [9.17, 15) is 0 Å². The Hall–Kier alpha value is -7.34. The van der Waals surface area contributed by atoms with Gasteiger partial charge in [0.25, 0.3) is 0 Å². The molecule has 3 atom stereocenters. The van der Waals surface area contributed by atoms with E-state index in [-0.39, 0.29) is 12.1 Å². The molecule has 1 aromatic heterocycles. The van der Waals surface area contributed by atoms with Gasteiger partial charge in [0, 0.05) is 41.3 Å². The van der Waals surface area contributed by atoms with Crippen LogP contribution in [0.4, 0.5) is 5.69 Å². The van der Waals surface area contributed by atoms with E-state index in [0.29, 0.717) is 5.69 Å². The Morgan fingerprint density at radius 1 is 0.483 bits per heavy atom. The summed E-state index contributed by atoms with van der Waals surface area (Å²) in [5.74, 6) is -0.217. The SMILES string of the molecule is Nc1ccc(-c2ccccc2)cc1C(c1ccccc1)[C@@H](N)c1cc(-c2ccc(C3N=C(c4ccccc4)C=C(c4ccccc4)N3)cc2)cc(-c2cccnc2)c1. The topological polar surface area (TPSA) is 89.3 Å². The number of pyridine rings is 1. The summed E-state index contributed by atoms with van der Waals surface area (Å²) in [6.45, 7) is 0. The molecular formula is C53H43N5. The Kier molecular flexibility index (Phi) is 10.3. The Bertz CT molecular complexity index is 2690. The van der Waals surface area contributed by atoms with Gasteiger partial charge < -0.3 is 16.8 Å². The molecule has 0 fully saturated rings. The molecule has 5 nitrogen and oxygen atoms in total. The maximum atomic E-state index is 7.50. The number of nitrogens with one attached hydrogen (secondary N) is 1. The molecular weight excluding hydrogens is 707 g/mol. The van der Waals surface area contributed by atoms with Crippen molar-refractivity contribution in [1.82, 2.24) is 10.3 Å². The summed E-state index contributed by atoms with van der Waals surface area (Å²) in [7, 11) is 0. The minimum atomic E-state index is -0.425. The summed E-state index contributed by atoms with van der Waals surface area (Å²) < 4.78 is 0. The molecule has 1 aliphatic heterocycles. The molecule has 0 spiro atoms. The van der Waals surface area contributed by atoms with E-state index in [2.05, 4.69) is 174 Å². The van der Waals surface area contributed by atoms with E-state index in [0.717, 1.165) is 78.2 Å². The molecule has 58 heavy (non-hydrogen) atoms. The van der Waals surface area contributed by atoms with Gasteiger partial charge in [0.15, 0.2) is 0 Å². The van der Waals surface area contributed by atoms with Crippen LogP contribution in [-0.4, -0.2) is 10.7 Å². The number of aromatic nitrogens is 1. The molecule has 8 aromatic rings. The zero-order valence-electron chi connectivity index (χ0n) is 32.0. The van der Waals surface area contributed by atoms with Gasteiger partial charge in [-0.15, -0.1) is 0 Å². The van der Waals surface area contributed by atoms with Crippen LogP contribution in [0.1, 0.15) is 51.5 Å². The summed E-state index contributed by atoms with van der Waals surface area (Å²) in [5, 5.41) is 3.70. The first kappa shape index (κ1) is 36.3. The Labute approximate surface area is 340 Å². The molecule has 7 aromatic carbocycles. The lowest BCUT2D eigenvalue weighted by Gasteiger charge is -2.28. The maximum absolute atomic E-state index is 7.50. The number of hydrogen-bond acceptors (Lipinski definition) is 5. The molecule has 0 amide bonds. The number of benzene rings is 7. The molecule has 5 N–H and O–H groups in total. The van der Waals surface area contributed by atoms with E-state index in [1.54, 1.807) is 6.20 Å². The Morgan fingerprint density at radius 3 is 1.71 bits per heavy atom. The van der Waals surface area contributed by atoms with Crippen molar-refractivity contribution >= 4 is 17.1 Å². The minimum absolute atomic E-state index is 0.217. The number of nitrogen functional groups attached to an aromatic ring is 1. The third-order valence-corrected chi connectivity index (χ3v) is 10.9. The summed E-state index contributed by atoms with van der Waals surface area (Å²) in [4.78, 5) is 9.66. The number of hydrogen-bond donors (Lipinski definition) is 3. The van der Waals surface area contributed by atoms with Crippen LogP contribution in [0.25, 0.3) is 39.1 Å². The van der Waals surface area contributed by atoms with Crippen LogP contribution in [0.5, 0.6) is 0 Å². The lowest BCUT2D eigenvalue weighted by molar-refractivity contribution is 0.631. The van der Waals surface area contributed by atoms with E-state index in [4.69, 9.17) is 16.5 Å². The summed E-state index contributed by atoms with van der Waals surface area (Å²) in [6, 6.07) is 67.0. The molecule has 2 heterocycles. The van der Waals surface area contributed by atoms with Crippen LogP contribution >= 0.6 is 0 Å².